The summed E-state index contributed by atoms with van der Waals surface area (Å²) in [5.74, 6) is 1.09. The van der Waals surface area contributed by atoms with Crippen molar-refractivity contribution in [1.82, 2.24) is 14.7 Å². The molecule has 2 fully saturated rings. The van der Waals surface area contributed by atoms with Crippen molar-refractivity contribution in [1.29, 1.82) is 0 Å². The molecule has 0 spiro atoms. The quantitative estimate of drug-likeness (QED) is 0.917. The maximum atomic E-state index is 13.1. The molecule has 2 heterocycles. The van der Waals surface area contributed by atoms with E-state index in [1.807, 2.05) is 40.8 Å². The summed E-state index contributed by atoms with van der Waals surface area (Å²) in [6, 6.07) is 7.77. The Morgan fingerprint density at radius 3 is 2.92 bits per heavy atom. The number of fused-ring (bicyclic) bond motifs is 1. The number of carbonyl (C=O) groups excluding carboxylic acids is 1. The Hall–Kier alpha value is -1.85. The van der Waals surface area contributed by atoms with Gasteiger partial charge in [-0.15, -0.1) is 0 Å². The van der Waals surface area contributed by atoms with E-state index in [-0.39, 0.29) is 11.9 Å². The smallest absolute Gasteiger partial charge is 0.257 e. The zero-order valence-electron chi connectivity index (χ0n) is 14.4. The number of nitrogens with zero attached hydrogens (tertiary/aromatic N) is 3. The molecular weight excluding hydrogens is 336 g/mol. The molecule has 0 bridgehead atoms. The second-order valence-electron chi connectivity index (χ2n) is 7.13. The fraction of sp³-hybridized carbons (Fsp3) is 0.474. The predicted molar refractivity (Wildman–Crippen MR) is 98.0 cm³/mol. The number of hydrogen-bond acceptors (Lipinski definition) is 3. The summed E-state index contributed by atoms with van der Waals surface area (Å²) in [7, 11) is 0. The van der Waals surface area contributed by atoms with E-state index in [9.17, 15) is 4.79 Å². The zero-order chi connectivity index (χ0) is 17.6. The second-order valence-corrected chi connectivity index (χ2v) is 7.56. The Balaban J connectivity index is 1.62. The third-order valence-corrected chi connectivity index (χ3v) is 5.92. The number of rotatable bonds is 3. The standard InChI is InChI=1S/C19H23ClN4O/c1-2-18-15(9-22-24(18)14-5-3-4-13(20)8-14)19(25)23-10-12-6-7-17(21)16(12)11-23/h3-5,8-9,12,16-17H,2,6-7,10-11,21H2,1H3. The van der Waals surface area contributed by atoms with Crippen LogP contribution in [0.25, 0.3) is 5.69 Å². The van der Waals surface area contributed by atoms with Crippen LogP contribution in [0.2, 0.25) is 5.02 Å². The monoisotopic (exact) mass is 358 g/mol. The van der Waals surface area contributed by atoms with Crippen molar-refractivity contribution in [2.45, 2.75) is 32.2 Å². The van der Waals surface area contributed by atoms with Gasteiger partial charge in [-0.25, -0.2) is 4.68 Å². The molecule has 2 aliphatic rings. The van der Waals surface area contributed by atoms with Gasteiger partial charge >= 0.3 is 0 Å². The molecular formula is C19H23ClN4O. The van der Waals surface area contributed by atoms with Crippen LogP contribution in [0.1, 0.15) is 35.8 Å². The summed E-state index contributed by atoms with van der Waals surface area (Å²) in [5, 5.41) is 5.12. The van der Waals surface area contributed by atoms with Crippen molar-refractivity contribution in [3.63, 3.8) is 0 Å². The van der Waals surface area contributed by atoms with Gasteiger partial charge in [-0.1, -0.05) is 24.6 Å². The third kappa shape index (κ3) is 2.85. The van der Waals surface area contributed by atoms with E-state index >= 15 is 0 Å². The van der Waals surface area contributed by atoms with E-state index in [2.05, 4.69) is 5.10 Å². The zero-order valence-corrected chi connectivity index (χ0v) is 15.1. The van der Waals surface area contributed by atoms with Gasteiger partial charge in [-0.2, -0.15) is 5.10 Å². The van der Waals surface area contributed by atoms with Gasteiger partial charge in [0.2, 0.25) is 0 Å². The first-order chi connectivity index (χ1) is 12.1. The van der Waals surface area contributed by atoms with Gasteiger partial charge in [0, 0.05) is 24.2 Å². The van der Waals surface area contributed by atoms with Crippen LogP contribution >= 0.6 is 11.6 Å². The van der Waals surface area contributed by atoms with Crippen LogP contribution < -0.4 is 5.73 Å². The van der Waals surface area contributed by atoms with E-state index in [4.69, 9.17) is 17.3 Å². The van der Waals surface area contributed by atoms with Gasteiger partial charge in [-0.05, 0) is 49.3 Å². The van der Waals surface area contributed by atoms with Crippen LogP contribution in [-0.2, 0) is 6.42 Å². The number of hydrogen-bond donors (Lipinski definition) is 1. The van der Waals surface area contributed by atoms with Crippen molar-refractivity contribution >= 4 is 17.5 Å². The van der Waals surface area contributed by atoms with Crippen LogP contribution in [-0.4, -0.2) is 39.7 Å². The molecule has 1 aliphatic carbocycles. The second kappa shape index (κ2) is 6.46. The van der Waals surface area contributed by atoms with Crippen LogP contribution in [0.15, 0.2) is 30.5 Å². The Labute approximate surface area is 152 Å². The highest BCUT2D eigenvalue weighted by Gasteiger charge is 2.43. The van der Waals surface area contributed by atoms with Crippen molar-refractivity contribution in [3.05, 3.63) is 46.7 Å². The van der Waals surface area contributed by atoms with Gasteiger partial charge in [0.15, 0.2) is 0 Å². The first kappa shape index (κ1) is 16.6. The van der Waals surface area contributed by atoms with Gasteiger partial charge in [0.25, 0.3) is 5.91 Å². The number of likely N-dealkylation sites (tertiary alicyclic amines) is 1. The molecule has 1 saturated carbocycles. The molecule has 1 aromatic carbocycles. The maximum Gasteiger partial charge on any atom is 0.257 e. The van der Waals surface area contributed by atoms with Crippen molar-refractivity contribution < 1.29 is 4.79 Å². The molecule has 0 radical (unpaired) electrons. The molecule has 25 heavy (non-hydrogen) atoms. The first-order valence-electron chi connectivity index (χ1n) is 8.96. The van der Waals surface area contributed by atoms with E-state index in [1.165, 1.54) is 0 Å². The lowest BCUT2D eigenvalue weighted by atomic mass is 9.98. The maximum absolute atomic E-state index is 13.1. The summed E-state index contributed by atoms with van der Waals surface area (Å²) in [4.78, 5) is 15.0. The largest absolute Gasteiger partial charge is 0.338 e. The highest BCUT2D eigenvalue weighted by Crippen LogP contribution is 2.37. The molecule has 5 nitrogen and oxygen atoms in total. The third-order valence-electron chi connectivity index (χ3n) is 5.69. The minimum atomic E-state index is 0.0757. The van der Waals surface area contributed by atoms with Crippen molar-refractivity contribution in [2.24, 2.45) is 17.6 Å². The number of benzene rings is 1. The fourth-order valence-electron chi connectivity index (χ4n) is 4.37. The highest BCUT2D eigenvalue weighted by atomic mass is 35.5. The average molecular weight is 359 g/mol. The van der Waals surface area contributed by atoms with E-state index in [1.54, 1.807) is 6.20 Å². The molecule has 1 aliphatic heterocycles. The molecule has 1 amide bonds. The molecule has 4 rings (SSSR count). The fourth-order valence-corrected chi connectivity index (χ4v) is 4.55. The average Bonchev–Trinajstić information content (AvgIpc) is 3.29. The number of amides is 1. The molecule has 2 N–H and O–H groups in total. The summed E-state index contributed by atoms with van der Waals surface area (Å²) < 4.78 is 1.82. The number of aromatic nitrogens is 2. The number of nitrogens with two attached hydrogens (primary N) is 1. The van der Waals surface area contributed by atoms with Crippen molar-refractivity contribution in [2.75, 3.05) is 13.1 Å². The van der Waals surface area contributed by atoms with Gasteiger partial charge in [0.1, 0.15) is 0 Å². The van der Waals surface area contributed by atoms with Gasteiger partial charge < -0.3 is 10.6 Å². The molecule has 6 heteroatoms. The number of carbonyl (C=O) groups is 1. The van der Waals surface area contributed by atoms with Crippen LogP contribution in [0, 0.1) is 11.8 Å². The van der Waals surface area contributed by atoms with E-state index in [0.29, 0.717) is 22.4 Å². The Bertz CT molecular complexity index is 802. The summed E-state index contributed by atoms with van der Waals surface area (Å²) >= 11 is 6.10. The lowest BCUT2D eigenvalue weighted by molar-refractivity contribution is 0.0778. The molecule has 3 unspecified atom stereocenters. The highest BCUT2D eigenvalue weighted by molar-refractivity contribution is 6.30. The Kier molecular flexibility index (Phi) is 4.29. The Morgan fingerprint density at radius 1 is 1.36 bits per heavy atom. The lowest BCUT2D eigenvalue weighted by Crippen LogP contribution is -2.33. The molecule has 3 atom stereocenters. The lowest BCUT2D eigenvalue weighted by Gasteiger charge is -2.19. The van der Waals surface area contributed by atoms with Crippen LogP contribution in [0.3, 0.4) is 0 Å². The molecule has 132 valence electrons. The topological polar surface area (TPSA) is 64.2 Å². The van der Waals surface area contributed by atoms with Crippen LogP contribution in [0.4, 0.5) is 0 Å². The van der Waals surface area contributed by atoms with Crippen molar-refractivity contribution in [3.8, 4) is 5.69 Å². The Morgan fingerprint density at radius 2 is 2.20 bits per heavy atom. The summed E-state index contributed by atoms with van der Waals surface area (Å²) in [6.45, 7) is 3.64. The van der Waals surface area contributed by atoms with Gasteiger partial charge in [0.05, 0.1) is 23.1 Å². The van der Waals surface area contributed by atoms with Crippen LogP contribution in [0.5, 0.6) is 0 Å². The van der Waals surface area contributed by atoms with E-state index < -0.39 is 0 Å². The molecule has 2 aromatic rings. The first-order valence-corrected chi connectivity index (χ1v) is 9.34. The normalized spacial score (nSPS) is 25.4. The summed E-state index contributed by atoms with van der Waals surface area (Å²) in [5.41, 5.74) is 8.70. The minimum absolute atomic E-state index is 0.0757. The SMILES string of the molecule is CCc1c(C(=O)N2CC3CCC(N)C3C2)cnn1-c1cccc(Cl)c1. The van der Waals surface area contributed by atoms with Gasteiger partial charge in [-0.3, -0.25) is 4.79 Å². The molecule has 1 saturated heterocycles. The van der Waals surface area contributed by atoms with E-state index in [0.717, 1.165) is 43.7 Å². The minimum Gasteiger partial charge on any atom is -0.338 e. The predicted octanol–water partition coefficient (Wildman–Crippen LogP) is 2.90. The molecule has 1 aromatic heterocycles. The summed E-state index contributed by atoms with van der Waals surface area (Å²) in [6.07, 6.45) is 4.65. The number of halogens is 1.